The number of hydrogen-bond acceptors (Lipinski definition) is 4. The Balaban J connectivity index is 1.51. The maximum atomic E-state index is 12.2. The summed E-state index contributed by atoms with van der Waals surface area (Å²) in [5.74, 6) is -0.789. The van der Waals surface area contributed by atoms with Crippen LogP contribution in [0, 0.1) is 5.41 Å². The first-order valence-corrected chi connectivity index (χ1v) is 8.94. The number of Topliss-reactive ketones (excluding diaryl/α,β-unsaturated/α-hetero) is 1. The van der Waals surface area contributed by atoms with E-state index < -0.39 is 11.4 Å². The number of rotatable bonds is 6. The number of ketones is 1. The summed E-state index contributed by atoms with van der Waals surface area (Å²) in [5, 5.41) is 14.3. The van der Waals surface area contributed by atoms with Crippen LogP contribution in [0.2, 0.25) is 0 Å². The molecule has 1 aromatic rings. The number of carboxylic acids is 1. The summed E-state index contributed by atoms with van der Waals surface area (Å²) in [6.45, 7) is 0. The van der Waals surface area contributed by atoms with Crippen LogP contribution in [-0.4, -0.2) is 28.3 Å². The molecule has 1 heterocycles. The van der Waals surface area contributed by atoms with Crippen LogP contribution in [0.5, 0.6) is 0 Å². The molecule has 5 nitrogen and oxygen atoms in total. The van der Waals surface area contributed by atoms with E-state index in [9.17, 15) is 19.5 Å². The monoisotopic (exact) mass is 335 g/mol. The van der Waals surface area contributed by atoms with Gasteiger partial charge in [-0.05, 0) is 50.0 Å². The van der Waals surface area contributed by atoms with E-state index in [1.807, 2.05) is 11.4 Å². The van der Waals surface area contributed by atoms with Gasteiger partial charge in [-0.1, -0.05) is 6.07 Å². The molecule has 1 aromatic heterocycles. The van der Waals surface area contributed by atoms with Crippen molar-refractivity contribution in [2.45, 2.75) is 56.9 Å². The van der Waals surface area contributed by atoms with Crippen molar-refractivity contribution in [3.05, 3.63) is 22.4 Å². The largest absolute Gasteiger partial charge is 0.481 e. The van der Waals surface area contributed by atoms with E-state index in [4.69, 9.17) is 0 Å². The van der Waals surface area contributed by atoms with Gasteiger partial charge in [0.05, 0.1) is 10.3 Å². The Bertz CT molecular complexity index is 598. The summed E-state index contributed by atoms with van der Waals surface area (Å²) in [7, 11) is 0. The maximum absolute atomic E-state index is 12.2. The fourth-order valence-corrected chi connectivity index (χ4v) is 4.53. The number of nitrogens with one attached hydrogen (secondary N) is 1. The van der Waals surface area contributed by atoms with Gasteiger partial charge in [0, 0.05) is 18.4 Å². The van der Waals surface area contributed by atoms with Gasteiger partial charge in [0.15, 0.2) is 5.78 Å². The zero-order valence-electron chi connectivity index (χ0n) is 13.0. The van der Waals surface area contributed by atoms with Crippen molar-refractivity contribution in [1.29, 1.82) is 0 Å². The summed E-state index contributed by atoms with van der Waals surface area (Å²) in [6.07, 6.45) is 4.51. The van der Waals surface area contributed by atoms with Crippen LogP contribution >= 0.6 is 11.3 Å². The summed E-state index contributed by atoms with van der Waals surface area (Å²) >= 11 is 1.39. The van der Waals surface area contributed by atoms with E-state index in [0.29, 0.717) is 24.1 Å². The number of thiophene rings is 1. The molecule has 3 aliphatic rings. The fourth-order valence-electron chi connectivity index (χ4n) is 3.84. The molecule has 3 aliphatic carbocycles. The van der Waals surface area contributed by atoms with E-state index in [0.717, 1.165) is 19.3 Å². The molecular weight excluding hydrogens is 314 g/mol. The van der Waals surface area contributed by atoms with Crippen molar-refractivity contribution in [3.8, 4) is 0 Å². The lowest BCUT2D eigenvalue weighted by Gasteiger charge is -2.51. The first kappa shape index (κ1) is 16.2. The Morgan fingerprint density at radius 1 is 1.09 bits per heavy atom. The average molecular weight is 335 g/mol. The minimum absolute atomic E-state index is 0.00447. The Morgan fingerprint density at radius 2 is 1.74 bits per heavy atom. The van der Waals surface area contributed by atoms with Crippen LogP contribution in [0.3, 0.4) is 0 Å². The third-order valence-corrected chi connectivity index (χ3v) is 6.39. The van der Waals surface area contributed by atoms with Gasteiger partial charge in [-0.25, -0.2) is 0 Å². The third kappa shape index (κ3) is 3.17. The predicted molar refractivity (Wildman–Crippen MR) is 86.5 cm³/mol. The van der Waals surface area contributed by atoms with Crippen LogP contribution < -0.4 is 5.32 Å². The number of fused-ring (bicyclic) bond motifs is 3. The van der Waals surface area contributed by atoms with Crippen molar-refractivity contribution in [3.63, 3.8) is 0 Å². The Morgan fingerprint density at radius 3 is 2.26 bits per heavy atom. The highest BCUT2D eigenvalue weighted by Gasteiger charge is 2.53. The Labute approximate surface area is 139 Å². The lowest BCUT2D eigenvalue weighted by Crippen LogP contribution is -2.58. The Hall–Kier alpha value is -1.69. The van der Waals surface area contributed by atoms with E-state index >= 15 is 0 Å². The van der Waals surface area contributed by atoms with Crippen molar-refractivity contribution in [2.24, 2.45) is 5.41 Å². The van der Waals surface area contributed by atoms with Gasteiger partial charge in [-0.3, -0.25) is 14.4 Å². The first-order chi connectivity index (χ1) is 10.9. The molecule has 0 spiro atoms. The lowest BCUT2D eigenvalue weighted by molar-refractivity contribution is -0.157. The quantitative estimate of drug-likeness (QED) is 0.783. The maximum Gasteiger partial charge on any atom is 0.309 e. The molecule has 0 atom stereocenters. The molecule has 0 unspecified atom stereocenters. The lowest BCUT2D eigenvalue weighted by atomic mass is 9.57. The molecule has 4 rings (SSSR count). The topological polar surface area (TPSA) is 83.5 Å². The fraction of sp³-hybridized carbons (Fsp3) is 0.588. The molecule has 1 amide bonds. The SMILES string of the molecule is O=C(CCC(=O)c1cccs1)NC12CCC(C(=O)O)(CC1)CC2. The third-order valence-electron chi connectivity index (χ3n) is 5.48. The zero-order chi connectivity index (χ0) is 16.5. The number of hydrogen-bond donors (Lipinski definition) is 2. The number of carbonyl (C=O) groups excluding carboxylic acids is 2. The second-order valence-electron chi connectivity index (χ2n) is 6.81. The normalized spacial score (nSPS) is 29.2. The second-order valence-corrected chi connectivity index (χ2v) is 7.76. The molecule has 2 bridgehead atoms. The zero-order valence-corrected chi connectivity index (χ0v) is 13.8. The van der Waals surface area contributed by atoms with E-state index in [1.54, 1.807) is 6.07 Å². The van der Waals surface area contributed by atoms with Gasteiger partial charge in [-0.2, -0.15) is 0 Å². The van der Waals surface area contributed by atoms with Gasteiger partial charge in [0.25, 0.3) is 0 Å². The highest BCUT2D eigenvalue weighted by molar-refractivity contribution is 7.12. The molecule has 124 valence electrons. The minimum Gasteiger partial charge on any atom is -0.481 e. The predicted octanol–water partition coefficient (Wildman–Crippen LogP) is 3.00. The summed E-state index contributed by atoms with van der Waals surface area (Å²) in [4.78, 5) is 36.3. The molecule has 23 heavy (non-hydrogen) atoms. The average Bonchev–Trinajstić information content (AvgIpc) is 3.08. The number of amides is 1. The molecule has 0 aromatic carbocycles. The molecule has 0 aliphatic heterocycles. The molecule has 3 fully saturated rings. The van der Waals surface area contributed by atoms with E-state index in [-0.39, 0.29) is 30.1 Å². The van der Waals surface area contributed by atoms with E-state index in [2.05, 4.69) is 5.32 Å². The number of carbonyl (C=O) groups is 3. The van der Waals surface area contributed by atoms with Gasteiger partial charge in [0.2, 0.25) is 5.91 Å². The first-order valence-electron chi connectivity index (χ1n) is 8.06. The van der Waals surface area contributed by atoms with Crippen molar-refractivity contribution in [2.75, 3.05) is 0 Å². The Kier molecular flexibility index (Phi) is 4.27. The van der Waals surface area contributed by atoms with Crippen molar-refractivity contribution >= 4 is 29.0 Å². The van der Waals surface area contributed by atoms with Gasteiger partial charge in [-0.15, -0.1) is 11.3 Å². The molecule has 3 saturated carbocycles. The smallest absolute Gasteiger partial charge is 0.309 e. The van der Waals surface area contributed by atoms with Gasteiger partial charge >= 0.3 is 5.97 Å². The minimum atomic E-state index is -0.696. The molecule has 2 N–H and O–H groups in total. The molecule has 6 heteroatoms. The van der Waals surface area contributed by atoms with Crippen LogP contribution in [0.15, 0.2) is 17.5 Å². The number of aliphatic carboxylic acids is 1. The number of carboxylic acid groups (broad SMARTS) is 1. The summed E-state index contributed by atoms with van der Waals surface area (Å²) in [6, 6.07) is 3.60. The van der Waals surface area contributed by atoms with Gasteiger partial charge < -0.3 is 10.4 Å². The standard InChI is InChI=1S/C17H21NO4S/c19-12(13-2-1-11-23-13)3-4-14(20)18-17-8-5-16(6-9-17,7-10-17)15(21)22/h1-2,11H,3-10H2,(H,18,20)(H,21,22). The highest BCUT2D eigenvalue weighted by atomic mass is 32.1. The van der Waals surface area contributed by atoms with Crippen molar-refractivity contribution < 1.29 is 19.5 Å². The summed E-state index contributed by atoms with van der Waals surface area (Å²) < 4.78 is 0. The molecular formula is C17H21NO4S. The van der Waals surface area contributed by atoms with Crippen LogP contribution in [0.1, 0.15) is 61.0 Å². The van der Waals surface area contributed by atoms with Crippen LogP contribution in [0.4, 0.5) is 0 Å². The van der Waals surface area contributed by atoms with Gasteiger partial charge in [0.1, 0.15) is 0 Å². The second kappa shape index (κ2) is 6.07. The highest BCUT2D eigenvalue weighted by Crippen LogP contribution is 2.52. The molecule has 0 saturated heterocycles. The van der Waals surface area contributed by atoms with Crippen LogP contribution in [-0.2, 0) is 9.59 Å². The summed E-state index contributed by atoms with van der Waals surface area (Å²) in [5.41, 5.74) is -0.818. The van der Waals surface area contributed by atoms with E-state index in [1.165, 1.54) is 11.3 Å². The van der Waals surface area contributed by atoms with Crippen LogP contribution in [0.25, 0.3) is 0 Å². The molecule has 0 radical (unpaired) electrons. The van der Waals surface area contributed by atoms with Crippen molar-refractivity contribution in [1.82, 2.24) is 5.32 Å².